The average molecular weight is 281 g/mol. The summed E-state index contributed by atoms with van der Waals surface area (Å²) in [5, 5.41) is 3.15. The van der Waals surface area contributed by atoms with E-state index in [2.05, 4.69) is 17.1 Å². The molecule has 1 atom stereocenters. The van der Waals surface area contributed by atoms with Crippen molar-refractivity contribution >= 4 is 5.91 Å². The molecule has 116 valence electrons. The van der Waals surface area contributed by atoms with Gasteiger partial charge in [0.25, 0.3) is 0 Å². The number of carbonyl (C=O) groups excluding carboxylic acids is 1. The summed E-state index contributed by atoms with van der Waals surface area (Å²) in [5.41, 5.74) is 5.89. The van der Waals surface area contributed by atoms with E-state index in [0.717, 1.165) is 38.8 Å². The first-order valence-corrected chi connectivity index (χ1v) is 8.41. The van der Waals surface area contributed by atoms with Crippen molar-refractivity contribution in [2.45, 2.75) is 57.9 Å². The Morgan fingerprint density at radius 2 is 1.85 bits per heavy atom. The lowest BCUT2D eigenvalue weighted by Gasteiger charge is -2.30. The van der Waals surface area contributed by atoms with Crippen LogP contribution >= 0.6 is 0 Å². The standard InChI is InChI=1S/C16H31N3O/c1-13(12-19-9-3-2-4-10-19)11-18-16(20)14-5-7-15(17)8-6-14/h13-15H,2-12,17H2,1H3,(H,18,20). The number of amides is 1. The van der Waals surface area contributed by atoms with E-state index in [4.69, 9.17) is 5.73 Å². The molecule has 1 heterocycles. The molecule has 0 aromatic rings. The number of likely N-dealkylation sites (tertiary alicyclic amines) is 1. The molecule has 2 fully saturated rings. The van der Waals surface area contributed by atoms with Gasteiger partial charge >= 0.3 is 0 Å². The molecule has 1 unspecified atom stereocenters. The number of nitrogens with one attached hydrogen (secondary N) is 1. The normalized spacial score (nSPS) is 29.9. The Bertz CT molecular complexity index is 294. The molecule has 0 bridgehead atoms. The quantitative estimate of drug-likeness (QED) is 0.807. The summed E-state index contributed by atoms with van der Waals surface area (Å²) in [7, 11) is 0. The van der Waals surface area contributed by atoms with E-state index in [0.29, 0.717) is 12.0 Å². The van der Waals surface area contributed by atoms with E-state index in [1.54, 1.807) is 0 Å². The zero-order chi connectivity index (χ0) is 14.4. The molecule has 0 spiro atoms. The van der Waals surface area contributed by atoms with E-state index in [1.165, 1.54) is 32.4 Å². The maximum atomic E-state index is 12.1. The lowest BCUT2D eigenvalue weighted by Crippen LogP contribution is -2.41. The van der Waals surface area contributed by atoms with Gasteiger partial charge in [0.2, 0.25) is 5.91 Å². The first-order valence-electron chi connectivity index (χ1n) is 8.41. The average Bonchev–Trinajstić information content (AvgIpc) is 2.46. The zero-order valence-electron chi connectivity index (χ0n) is 12.9. The van der Waals surface area contributed by atoms with Crippen LogP contribution in [0.4, 0.5) is 0 Å². The molecule has 1 amide bonds. The van der Waals surface area contributed by atoms with Gasteiger partial charge in [0, 0.05) is 25.0 Å². The molecule has 2 rings (SSSR count). The van der Waals surface area contributed by atoms with Gasteiger partial charge in [0.05, 0.1) is 0 Å². The van der Waals surface area contributed by atoms with E-state index in [9.17, 15) is 4.79 Å². The highest BCUT2D eigenvalue weighted by molar-refractivity contribution is 5.78. The zero-order valence-corrected chi connectivity index (χ0v) is 12.9. The second-order valence-electron chi connectivity index (χ2n) is 6.82. The van der Waals surface area contributed by atoms with Crippen molar-refractivity contribution < 1.29 is 4.79 Å². The van der Waals surface area contributed by atoms with E-state index in [1.807, 2.05) is 0 Å². The summed E-state index contributed by atoms with van der Waals surface area (Å²) in [6.45, 7) is 6.65. The molecule has 1 aliphatic carbocycles. The van der Waals surface area contributed by atoms with Gasteiger partial charge in [0.15, 0.2) is 0 Å². The number of hydrogen-bond donors (Lipinski definition) is 2. The summed E-state index contributed by atoms with van der Waals surface area (Å²) in [6, 6.07) is 0.317. The smallest absolute Gasteiger partial charge is 0.223 e. The second-order valence-corrected chi connectivity index (χ2v) is 6.82. The van der Waals surface area contributed by atoms with E-state index in [-0.39, 0.29) is 11.8 Å². The molecule has 20 heavy (non-hydrogen) atoms. The Labute approximate surface area is 123 Å². The van der Waals surface area contributed by atoms with Gasteiger partial charge in [0.1, 0.15) is 0 Å². The Morgan fingerprint density at radius 1 is 1.20 bits per heavy atom. The number of piperidine rings is 1. The fraction of sp³-hybridized carbons (Fsp3) is 0.938. The van der Waals surface area contributed by atoms with Gasteiger partial charge in [-0.25, -0.2) is 0 Å². The van der Waals surface area contributed by atoms with Crippen LogP contribution in [0.2, 0.25) is 0 Å². The van der Waals surface area contributed by atoms with Crippen LogP contribution in [0.15, 0.2) is 0 Å². The molecule has 0 aromatic heterocycles. The SMILES string of the molecule is CC(CNC(=O)C1CCC(N)CC1)CN1CCCCC1. The minimum atomic E-state index is 0.206. The summed E-state index contributed by atoms with van der Waals surface area (Å²) in [6.07, 6.45) is 7.98. The van der Waals surface area contributed by atoms with E-state index >= 15 is 0 Å². The monoisotopic (exact) mass is 281 g/mol. The van der Waals surface area contributed by atoms with Gasteiger partial charge < -0.3 is 16.0 Å². The number of rotatable bonds is 5. The van der Waals surface area contributed by atoms with Gasteiger partial charge in [-0.2, -0.15) is 0 Å². The molecule has 0 aromatic carbocycles. The molecule has 1 aliphatic heterocycles. The lowest BCUT2D eigenvalue weighted by atomic mass is 9.86. The Morgan fingerprint density at radius 3 is 2.50 bits per heavy atom. The highest BCUT2D eigenvalue weighted by Gasteiger charge is 2.24. The second kappa shape index (κ2) is 7.99. The molecule has 4 nitrogen and oxygen atoms in total. The van der Waals surface area contributed by atoms with Crippen LogP contribution in [0, 0.1) is 11.8 Å². The maximum Gasteiger partial charge on any atom is 0.223 e. The highest BCUT2D eigenvalue weighted by atomic mass is 16.1. The molecule has 1 saturated heterocycles. The molecule has 2 aliphatic rings. The summed E-state index contributed by atoms with van der Waals surface area (Å²) < 4.78 is 0. The Hall–Kier alpha value is -0.610. The van der Waals surface area contributed by atoms with Crippen LogP contribution < -0.4 is 11.1 Å². The summed E-state index contributed by atoms with van der Waals surface area (Å²) in [4.78, 5) is 14.7. The molecule has 4 heteroatoms. The lowest BCUT2D eigenvalue weighted by molar-refractivity contribution is -0.126. The van der Waals surface area contributed by atoms with Crippen LogP contribution in [0.5, 0.6) is 0 Å². The number of hydrogen-bond acceptors (Lipinski definition) is 3. The van der Waals surface area contributed by atoms with Crippen molar-refractivity contribution in [2.75, 3.05) is 26.2 Å². The minimum absolute atomic E-state index is 0.206. The fourth-order valence-corrected chi connectivity index (χ4v) is 3.45. The van der Waals surface area contributed by atoms with Gasteiger partial charge in [-0.1, -0.05) is 13.3 Å². The fourth-order valence-electron chi connectivity index (χ4n) is 3.45. The van der Waals surface area contributed by atoms with Gasteiger partial charge in [-0.3, -0.25) is 4.79 Å². The van der Waals surface area contributed by atoms with Crippen molar-refractivity contribution in [3.63, 3.8) is 0 Å². The van der Waals surface area contributed by atoms with Crippen molar-refractivity contribution in [1.29, 1.82) is 0 Å². The predicted octanol–water partition coefficient (Wildman–Crippen LogP) is 1.74. The van der Waals surface area contributed by atoms with Crippen LogP contribution in [0.25, 0.3) is 0 Å². The molecular weight excluding hydrogens is 250 g/mol. The van der Waals surface area contributed by atoms with Crippen molar-refractivity contribution in [3.05, 3.63) is 0 Å². The van der Waals surface area contributed by atoms with Crippen LogP contribution in [-0.4, -0.2) is 43.0 Å². The number of nitrogens with zero attached hydrogens (tertiary/aromatic N) is 1. The first kappa shape index (κ1) is 15.8. The third-order valence-electron chi connectivity index (χ3n) is 4.79. The van der Waals surface area contributed by atoms with E-state index < -0.39 is 0 Å². The Kier molecular flexibility index (Phi) is 6.30. The van der Waals surface area contributed by atoms with Gasteiger partial charge in [-0.05, 0) is 57.5 Å². The number of nitrogens with two attached hydrogens (primary N) is 1. The van der Waals surface area contributed by atoms with Crippen LogP contribution in [-0.2, 0) is 4.79 Å². The molecule has 3 N–H and O–H groups in total. The highest BCUT2D eigenvalue weighted by Crippen LogP contribution is 2.23. The topological polar surface area (TPSA) is 58.4 Å². The predicted molar refractivity (Wildman–Crippen MR) is 82.4 cm³/mol. The number of carbonyl (C=O) groups is 1. The summed E-state index contributed by atoms with van der Waals surface area (Å²) in [5.74, 6) is 1.00. The van der Waals surface area contributed by atoms with Crippen LogP contribution in [0.3, 0.4) is 0 Å². The molecule has 0 radical (unpaired) electrons. The summed E-state index contributed by atoms with van der Waals surface area (Å²) >= 11 is 0. The largest absolute Gasteiger partial charge is 0.356 e. The minimum Gasteiger partial charge on any atom is -0.356 e. The van der Waals surface area contributed by atoms with Crippen LogP contribution in [0.1, 0.15) is 51.9 Å². The third kappa shape index (κ3) is 5.06. The maximum absolute atomic E-state index is 12.1. The molecular formula is C16H31N3O. The first-order chi connectivity index (χ1) is 9.65. The van der Waals surface area contributed by atoms with Crippen molar-refractivity contribution in [1.82, 2.24) is 10.2 Å². The van der Waals surface area contributed by atoms with Gasteiger partial charge in [-0.15, -0.1) is 0 Å². The van der Waals surface area contributed by atoms with Crippen molar-refractivity contribution in [3.8, 4) is 0 Å². The molecule has 1 saturated carbocycles. The Balaban J connectivity index is 1.62. The third-order valence-corrected chi connectivity index (χ3v) is 4.79. The van der Waals surface area contributed by atoms with Crippen molar-refractivity contribution in [2.24, 2.45) is 17.6 Å².